The molecule has 0 aliphatic rings. The third-order valence-electron chi connectivity index (χ3n) is 4.63. The predicted octanol–water partition coefficient (Wildman–Crippen LogP) is 6.65. The maximum Gasteiger partial charge on any atom is 0.122 e. The molecule has 2 heteroatoms. The topological polar surface area (TPSA) is 40.5 Å². The number of unbranched alkanes of at least 4 members (excludes halogenated alkanes) is 11. The van der Waals surface area contributed by atoms with E-state index in [4.69, 9.17) is 0 Å². The highest BCUT2D eigenvalue weighted by Crippen LogP contribution is 2.30. The van der Waals surface area contributed by atoms with Gasteiger partial charge in [0.1, 0.15) is 11.5 Å². The average Bonchev–Trinajstić information content (AvgIpc) is 2.50. The molecule has 0 aliphatic carbocycles. The van der Waals surface area contributed by atoms with E-state index in [2.05, 4.69) is 6.92 Å². The number of benzene rings is 1. The van der Waals surface area contributed by atoms with Crippen molar-refractivity contribution in [2.75, 3.05) is 0 Å². The number of aromatic hydroxyl groups is 2. The summed E-state index contributed by atoms with van der Waals surface area (Å²) in [4.78, 5) is 0. The summed E-state index contributed by atoms with van der Waals surface area (Å²) in [5.41, 5.74) is 1.61. The zero-order chi connectivity index (χ0) is 16.9. The Kier molecular flexibility index (Phi) is 10.6. The number of phenolic OH excluding ortho intramolecular Hbond substituents is 2. The number of aryl methyl sites for hydroxylation is 1. The van der Waals surface area contributed by atoms with Crippen molar-refractivity contribution in [3.8, 4) is 11.5 Å². The Morgan fingerprint density at radius 3 is 1.48 bits per heavy atom. The van der Waals surface area contributed by atoms with Gasteiger partial charge >= 0.3 is 0 Å². The summed E-state index contributed by atoms with van der Waals surface area (Å²) in [5, 5.41) is 19.8. The lowest BCUT2D eigenvalue weighted by Crippen LogP contribution is -1.90. The first-order valence-electron chi connectivity index (χ1n) is 9.66. The van der Waals surface area contributed by atoms with Crippen LogP contribution in [-0.2, 0) is 6.42 Å². The highest BCUT2D eigenvalue weighted by atomic mass is 16.3. The Labute approximate surface area is 142 Å². The van der Waals surface area contributed by atoms with E-state index in [1.54, 1.807) is 12.1 Å². The van der Waals surface area contributed by atoms with Crippen LogP contribution in [-0.4, -0.2) is 10.2 Å². The molecule has 2 nitrogen and oxygen atoms in total. The van der Waals surface area contributed by atoms with Gasteiger partial charge in [-0.1, -0.05) is 77.6 Å². The molecule has 0 heterocycles. The van der Waals surface area contributed by atoms with Crippen molar-refractivity contribution in [3.63, 3.8) is 0 Å². The molecule has 132 valence electrons. The molecule has 0 saturated heterocycles. The van der Waals surface area contributed by atoms with Crippen molar-refractivity contribution in [3.05, 3.63) is 23.3 Å². The van der Waals surface area contributed by atoms with E-state index < -0.39 is 0 Å². The lowest BCUT2D eigenvalue weighted by atomic mass is 10.0. The van der Waals surface area contributed by atoms with Gasteiger partial charge in [0.05, 0.1) is 0 Å². The second-order valence-electron chi connectivity index (χ2n) is 6.92. The Hall–Kier alpha value is -1.18. The van der Waals surface area contributed by atoms with Crippen molar-refractivity contribution in [2.45, 2.75) is 97.3 Å². The summed E-state index contributed by atoms with van der Waals surface area (Å²) >= 11 is 0. The third kappa shape index (κ3) is 8.88. The number of hydrogen-bond acceptors (Lipinski definition) is 2. The van der Waals surface area contributed by atoms with Gasteiger partial charge in [0.2, 0.25) is 0 Å². The Morgan fingerprint density at radius 2 is 1.04 bits per heavy atom. The first kappa shape index (κ1) is 19.9. The molecule has 0 fully saturated rings. The largest absolute Gasteiger partial charge is 0.508 e. The number of rotatable bonds is 13. The molecule has 0 spiro atoms. The molecule has 1 aromatic rings. The molecule has 0 saturated carbocycles. The van der Waals surface area contributed by atoms with E-state index in [9.17, 15) is 10.2 Å². The van der Waals surface area contributed by atoms with Crippen LogP contribution in [0.4, 0.5) is 0 Å². The van der Waals surface area contributed by atoms with Crippen LogP contribution in [0, 0.1) is 6.92 Å². The van der Waals surface area contributed by atoms with Gasteiger partial charge in [0, 0.05) is 5.56 Å². The predicted molar refractivity (Wildman–Crippen MR) is 99.3 cm³/mol. The van der Waals surface area contributed by atoms with Crippen LogP contribution >= 0.6 is 0 Å². The van der Waals surface area contributed by atoms with E-state index in [0.717, 1.165) is 18.4 Å². The second kappa shape index (κ2) is 12.3. The van der Waals surface area contributed by atoms with Crippen LogP contribution < -0.4 is 0 Å². The van der Waals surface area contributed by atoms with Crippen LogP contribution in [0.2, 0.25) is 0 Å². The minimum absolute atomic E-state index is 0.241. The molecule has 1 rings (SSSR count). The summed E-state index contributed by atoms with van der Waals surface area (Å²) in [6.07, 6.45) is 16.7. The summed E-state index contributed by atoms with van der Waals surface area (Å²) in [6.45, 7) is 4.15. The molecule has 0 amide bonds. The van der Waals surface area contributed by atoms with E-state index in [-0.39, 0.29) is 11.5 Å². The SMILES string of the molecule is CCCCCCCCCCCCCCc1c(O)cc(C)cc1O. The first-order valence-corrected chi connectivity index (χ1v) is 9.66. The smallest absolute Gasteiger partial charge is 0.122 e. The zero-order valence-electron chi connectivity index (χ0n) is 15.2. The molecule has 0 bridgehead atoms. The van der Waals surface area contributed by atoms with E-state index >= 15 is 0 Å². The van der Waals surface area contributed by atoms with Crippen LogP contribution in [0.3, 0.4) is 0 Å². The monoisotopic (exact) mass is 320 g/mol. The van der Waals surface area contributed by atoms with Crippen LogP contribution in [0.5, 0.6) is 11.5 Å². The molecule has 0 aliphatic heterocycles. The average molecular weight is 321 g/mol. The Balaban J connectivity index is 1.98. The minimum atomic E-state index is 0.241. The van der Waals surface area contributed by atoms with Gasteiger partial charge in [-0.2, -0.15) is 0 Å². The lowest BCUT2D eigenvalue weighted by Gasteiger charge is -2.08. The Bertz CT molecular complexity index is 403. The fourth-order valence-corrected chi connectivity index (χ4v) is 3.18. The maximum atomic E-state index is 9.89. The van der Waals surface area contributed by atoms with Gasteiger partial charge in [0.15, 0.2) is 0 Å². The summed E-state index contributed by atoms with van der Waals surface area (Å²) < 4.78 is 0. The maximum absolute atomic E-state index is 9.89. The number of phenols is 2. The van der Waals surface area contributed by atoms with E-state index in [1.807, 2.05) is 6.92 Å². The second-order valence-corrected chi connectivity index (χ2v) is 6.92. The molecular weight excluding hydrogens is 284 g/mol. The zero-order valence-corrected chi connectivity index (χ0v) is 15.2. The van der Waals surface area contributed by atoms with Gasteiger partial charge in [-0.25, -0.2) is 0 Å². The quantitative estimate of drug-likeness (QED) is 0.399. The van der Waals surface area contributed by atoms with Crippen molar-refractivity contribution in [2.24, 2.45) is 0 Å². The number of hydrogen-bond donors (Lipinski definition) is 2. The fraction of sp³-hybridized carbons (Fsp3) is 0.714. The highest BCUT2D eigenvalue weighted by molar-refractivity contribution is 5.46. The van der Waals surface area contributed by atoms with Gasteiger partial charge in [-0.3, -0.25) is 0 Å². The molecular formula is C21H36O2. The lowest BCUT2D eigenvalue weighted by molar-refractivity contribution is 0.434. The van der Waals surface area contributed by atoms with Crippen LogP contribution in [0.1, 0.15) is 95.1 Å². The van der Waals surface area contributed by atoms with Crippen molar-refractivity contribution >= 4 is 0 Å². The molecule has 1 aromatic carbocycles. The minimum Gasteiger partial charge on any atom is -0.508 e. The Morgan fingerprint density at radius 1 is 0.652 bits per heavy atom. The summed E-state index contributed by atoms with van der Waals surface area (Å²) in [5.74, 6) is 0.483. The standard InChI is InChI=1S/C21H36O2/c1-3-4-5-6-7-8-9-10-11-12-13-14-15-19-20(22)16-18(2)17-21(19)23/h16-17,22-23H,3-15H2,1-2H3. The van der Waals surface area contributed by atoms with Gasteiger partial charge < -0.3 is 10.2 Å². The summed E-state index contributed by atoms with van der Waals surface area (Å²) in [7, 11) is 0. The van der Waals surface area contributed by atoms with Gasteiger partial charge in [-0.15, -0.1) is 0 Å². The molecule has 2 N–H and O–H groups in total. The molecule has 0 unspecified atom stereocenters. The third-order valence-corrected chi connectivity index (χ3v) is 4.63. The highest BCUT2D eigenvalue weighted by Gasteiger charge is 2.07. The van der Waals surface area contributed by atoms with Gasteiger partial charge in [-0.05, 0) is 37.5 Å². The van der Waals surface area contributed by atoms with E-state index in [0.29, 0.717) is 5.56 Å². The molecule has 0 atom stereocenters. The summed E-state index contributed by atoms with van der Waals surface area (Å²) in [6, 6.07) is 3.46. The molecule has 0 radical (unpaired) electrons. The normalized spacial score (nSPS) is 11.0. The fourth-order valence-electron chi connectivity index (χ4n) is 3.18. The van der Waals surface area contributed by atoms with Crippen LogP contribution in [0.25, 0.3) is 0 Å². The van der Waals surface area contributed by atoms with Crippen LogP contribution in [0.15, 0.2) is 12.1 Å². The van der Waals surface area contributed by atoms with Gasteiger partial charge in [0.25, 0.3) is 0 Å². The van der Waals surface area contributed by atoms with Crippen molar-refractivity contribution < 1.29 is 10.2 Å². The van der Waals surface area contributed by atoms with E-state index in [1.165, 1.54) is 70.6 Å². The van der Waals surface area contributed by atoms with Crippen molar-refractivity contribution in [1.29, 1.82) is 0 Å². The van der Waals surface area contributed by atoms with Crippen molar-refractivity contribution in [1.82, 2.24) is 0 Å². The first-order chi connectivity index (χ1) is 11.1. The molecule has 0 aromatic heterocycles. The molecule has 23 heavy (non-hydrogen) atoms.